The zero-order valence-corrected chi connectivity index (χ0v) is 11.8. The van der Waals surface area contributed by atoms with Crippen LogP contribution in [-0.4, -0.2) is 26.2 Å². The van der Waals surface area contributed by atoms with Crippen LogP contribution in [0.25, 0.3) is 21.9 Å². The first-order chi connectivity index (χ1) is 9.31. The maximum absolute atomic E-state index is 8.87. The van der Waals surface area contributed by atoms with Crippen LogP contribution in [0.5, 0.6) is 0 Å². The van der Waals surface area contributed by atoms with Crippen LogP contribution in [0.15, 0.2) is 30.6 Å². The van der Waals surface area contributed by atoms with E-state index in [0.29, 0.717) is 5.82 Å². The lowest BCUT2D eigenvalue weighted by atomic mass is 10.2. The van der Waals surface area contributed by atoms with Crippen molar-refractivity contribution in [3.63, 3.8) is 0 Å². The molecule has 2 heterocycles. The number of aryl methyl sites for hydroxylation is 1. The molecule has 0 aliphatic heterocycles. The predicted octanol–water partition coefficient (Wildman–Crippen LogP) is 2.36. The van der Waals surface area contributed by atoms with Crippen molar-refractivity contribution in [1.82, 2.24) is 14.5 Å². The first-order valence-electron chi connectivity index (χ1n) is 6.41. The molecule has 3 rings (SSSR count). The molecular formula is C14H17ClN4O. The number of nitrogen functional groups attached to an aromatic ring is 1. The summed E-state index contributed by atoms with van der Waals surface area (Å²) in [5.74, 6) is 0.467. The molecule has 0 saturated heterocycles. The highest BCUT2D eigenvalue weighted by molar-refractivity contribution is 6.06. The summed E-state index contributed by atoms with van der Waals surface area (Å²) in [5.41, 5.74) is 8.63. The molecule has 106 valence electrons. The van der Waals surface area contributed by atoms with Crippen molar-refractivity contribution >= 4 is 40.2 Å². The number of pyridine rings is 1. The Kier molecular flexibility index (Phi) is 4.42. The number of fused-ring (bicyclic) bond motifs is 3. The Morgan fingerprint density at radius 3 is 2.80 bits per heavy atom. The molecule has 0 bridgehead atoms. The van der Waals surface area contributed by atoms with Gasteiger partial charge in [0.05, 0.1) is 17.4 Å². The molecule has 0 amide bonds. The van der Waals surface area contributed by atoms with E-state index in [0.717, 1.165) is 41.3 Å². The third-order valence-corrected chi connectivity index (χ3v) is 3.29. The Morgan fingerprint density at radius 1 is 1.20 bits per heavy atom. The maximum Gasteiger partial charge on any atom is 0.152 e. The normalized spacial score (nSPS) is 10.8. The van der Waals surface area contributed by atoms with Crippen LogP contribution in [-0.2, 0) is 6.54 Å². The Hall–Kier alpha value is -1.85. The molecule has 3 aromatic rings. The van der Waals surface area contributed by atoms with E-state index in [9.17, 15) is 0 Å². The lowest BCUT2D eigenvalue weighted by Crippen LogP contribution is -1.99. The number of rotatable bonds is 4. The van der Waals surface area contributed by atoms with Crippen molar-refractivity contribution in [2.24, 2.45) is 0 Å². The minimum absolute atomic E-state index is 0. The molecule has 6 heteroatoms. The second kappa shape index (κ2) is 6.07. The van der Waals surface area contributed by atoms with Crippen LogP contribution in [0.3, 0.4) is 0 Å². The van der Waals surface area contributed by atoms with Crippen molar-refractivity contribution < 1.29 is 5.11 Å². The van der Waals surface area contributed by atoms with E-state index in [2.05, 4.69) is 14.5 Å². The number of anilines is 1. The Bertz CT molecular complexity index is 726. The van der Waals surface area contributed by atoms with Crippen LogP contribution in [0.4, 0.5) is 5.82 Å². The van der Waals surface area contributed by atoms with E-state index in [4.69, 9.17) is 10.8 Å². The van der Waals surface area contributed by atoms with Crippen LogP contribution >= 0.6 is 12.4 Å². The average molecular weight is 293 g/mol. The number of aromatic nitrogens is 3. The first-order valence-corrected chi connectivity index (χ1v) is 6.41. The van der Waals surface area contributed by atoms with Crippen LogP contribution in [0.1, 0.15) is 12.8 Å². The fraction of sp³-hybridized carbons (Fsp3) is 0.286. The van der Waals surface area contributed by atoms with Crippen molar-refractivity contribution in [2.45, 2.75) is 19.4 Å². The first kappa shape index (κ1) is 14.6. The fourth-order valence-electron chi connectivity index (χ4n) is 2.37. The largest absolute Gasteiger partial charge is 0.396 e. The Balaban J connectivity index is 0.00000147. The summed E-state index contributed by atoms with van der Waals surface area (Å²) in [4.78, 5) is 8.74. The standard InChI is InChI=1S/C14H16N4O.ClH/c15-14-12-13(10-5-1-2-6-11(10)17-14)18(9-16-12)7-3-4-8-19;/h1-2,5-6,9,19H,3-4,7-8H2,(H2,15,17);1H. The molecule has 0 radical (unpaired) electrons. The molecule has 3 N–H and O–H groups in total. The van der Waals surface area contributed by atoms with Crippen LogP contribution in [0, 0.1) is 0 Å². The molecule has 0 aliphatic carbocycles. The lowest BCUT2D eigenvalue weighted by molar-refractivity contribution is 0.281. The van der Waals surface area contributed by atoms with E-state index in [1.807, 2.05) is 24.3 Å². The SMILES string of the molecule is Cl.Nc1nc2ccccc2c2c1ncn2CCCCO. The number of aliphatic hydroxyl groups excluding tert-OH is 1. The highest BCUT2D eigenvalue weighted by Crippen LogP contribution is 2.27. The van der Waals surface area contributed by atoms with E-state index in [1.54, 1.807) is 6.33 Å². The monoisotopic (exact) mass is 292 g/mol. The van der Waals surface area contributed by atoms with Crippen LogP contribution in [0.2, 0.25) is 0 Å². The summed E-state index contributed by atoms with van der Waals surface area (Å²) in [6.45, 7) is 1.04. The minimum atomic E-state index is 0. The quantitative estimate of drug-likeness (QED) is 0.724. The highest BCUT2D eigenvalue weighted by Gasteiger charge is 2.11. The summed E-state index contributed by atoms with van der Waals surface area (Å²) in [5, 5.41) is 9.93. The van der Waals surface area contributed by atoms with Gasteiger partial charge in [0.1, 0.15) is 5.52 Å². The van der Waals surface area contributed by atoms with Crippen molar-refractivity contribution in [2.75, 3.05) is 12.3 Å². The molecule has 0 aliphatic rings. The summed E-state index contributed by atoms with van der Waals surface area (Å²) in [6, 6.07) is 7.93. The van der Waals surface area contributed by atoms with E-state index >= 15 is 0 Å². The molecule has 0 saturated carbocycles. The molecule has 0 spiro atoms. The second-order valence-electron chi connectivity index (χ2n) is 4.58. The molecule has 0 unspecified atom stereocenters. The van der Waals surface area contributed by atoms with Gasteiger partial charge in [0.25, 0.3) is 0 Å². The van der Waals surface area contributed by atoms with Gasteiger partial charge in [-0.1, -0.05) is 18.2 Å². The van der Waals surface area contributed by atoms with Crippen LogP contribution < -0.4 is 5.73 Å². The summed E-state index contributed by atoms with van der Waals surface area (Å²) in [7, 11) is 0. The Labute approximate surface area is 122 Å². The van der Waals surface area contributed by atoms with Gasteiger partial charge in [-0.05, 0) is 18.9 Å². The minimum Gasteiger partial charge on any atom is -0.396 e. The molecule has 5 nitrogen and oxygen atoms in total. The van der Waals surface area contributed by atoms with Crippen molar-refractivity contribution in [1.29, 1.82) is 0 Å². The second-order valence-corrected chi connectivity index (χ2v) is 4.58. The number of unbranched alkanes of at least 4 members (excludes halogenated alkanes) is 1. The third kappa shape index (κ3) is 2.42. The zero-order chi connectivity index (χ0) is 13.2. The number of imidazole rings is 1. The van der Waals surface area contributed by atoms with Gasteiger partial charge in [0.2, 0.25) is 0 Å². The molecule has 1 aromatic carbocycles. The Morgan fingerprint density at radius 2 is 2.00 bits per heavy atom. The number of benzene rings is 1. The molecule has 0 fully saturated rings. The maximum atomic E-state index is 8.87. The fourth-order valence-corrected chi connectivity index (χ4v) is 2.37. The van der Waals surface area contributed by atoms with Crippen molar-refractivity contribution in [3.05, 3.63) is 30.6 Å². The number of nitrogens with zero attached hydrogens (tertiary/aromatic N) is 3. The number of halogens is 1. The van der Waals surface area contributed by atoms with E-state index in [-0.39, 0.29) is 19.0 Å². The topological polar surface area (TPSA) is 77.0 Å². The van der Waals surface area contributed by atoms with Gasteiger partial charge in [-0.25, -0.2) is 9.97 Å². The van der Waals surface area contributed by atoms with Gasteiger partial charge < -0.3 is 15.4 Å². The summed E-state index contributed by atoms with van der Waals surface area (Å²) < 4.78 is 2.09. The summed E-state index contributed by atoms with van der Waals surface area (Å²) >= 11 is 0. The summed E-state index contributed by atoms with van der Waals surface area (Å²) in [6.07, 6.45) is 3.50. The van der Waals surface area contributed by atoms with Gasteiger partial charge in [0.15, 0.2) is 5.82 Å². The average Bonchev–Trinajstić information content (AvgIpc) is 2.84. The molecular weight excluding hydrogens is 276 g/mol. The number of nitrogens with two attached hydrogens (primary N) is 1. The number of aliphatic hydroxyl groups is 1. The van der Waals surface area contributed by atoms with Gasteiger partial charge >= 0.3 is 0 Å². The number of hydrogen-bond donors (Lipinski definition) is 2. The number of para-hydroxylation sites is 1. The number of hydrogen-bond acceptors (Lipinski definition) is 4. The molecule has 2 aromatic heterocycles. The van der Waals surface area contributed by atoms with E-state index < -0.39 is 0 Å². The van der Waals surface area contributed by atoms with Gasteiger partial charge in [0, 0.05) is 18.5 Å². The molecule has 0 atom stereocenters. The zero-order valence-electron chi connectivity index (χ0n) is 11.0. The smallest absolute Gasteiger partial charge is 0.152 e. The van der Waals surface area contributed by atoms with Gasteiger partial charge in [-0.15, -0.1) is 12.4 Å². The van der Waals surface area contributed by atoms with Crippen molar-refractivity contribution in [3.8, 4) is 0 Å². The molecule has 20 heavy (non-hydrogen) atoms. The highest BCUT2D eigenvalue weighted by atomic mass is 35.5. The predicted molar refractivity (Wildman–Crippen MR) is 83.0 cm³/mol. The van der Waals surface area contributed by atoms with E-state index in [1.165, 1.54) is 0 Å². The van der Waals surface area contributed by atoms with Gasteiger partial charge in [-0.3, -0.25) is 0 Å². The lowest BCUT2D eigenvalue weighted by Gasteiger charge is -2.07. The van der Waals surface area contributed by atoms with Gasteiger partial charge in [-0.2, -0.15) is 0 Å². The third-order valence-electron chi connectivity index (χ3n) is 3.29.